The van der Waals surface area contributed by atoms with Gasteiger partial charge in [0.2, 0.25) is 5.91 Å². The van der Waals surface area contributed by atoms with E-state index in [0.29, 0.717) is 56.2 Å². The molecule has 2 amide bonds. The predicted molar refractivity (Wildman–Crippen MR) is 166 cm³/mol. The molecule has 2 aromatic carbocycles. The van der Waals surface area contributed by atoms with E-state index in [1.807, 2.05) is 58.0 Å². The number of pyridine rings is 1. The Kier molecular flexibility index (Phi) is 8.86. The van der Waals surface area contributed by atoms with Crippen LogP contribution in [0.25, 0.3) is 16.6 Å². The van der Waals surface area contributed by atoms with E-state index in [2.05, 4.69) is 22.8 Å². The average Bonchev–Trinajstić information content (AvgIpc) is 3.36. The van der Waals surface area contributed by atoms with Gasteiger partial charge in [0.05, 0.1) is 5.52 Å². The van der Waals surface area contributed by atoms with Gasteiger partial charge in [0.25, 0.3) is 5.91 Å². The third kappa shape index (κ3) is 6.36. The Bertz CT molecular complexity index is 1600. The normalized spacial score (nSPS) is 17.7. The zero-order valence-electron chi connectivity index (χ0n) is 24.7. The van der Waals surface area contributed by atoms with Gasteiger partial charge in [-0.15, -0.1) is 0 Å². The molecule has 0 bridgehead atoms. The molecule has 0 spiro atoms. The number of nitrogens with zero attached hydrogens (tertiary/aromatic N) is 2. The van der Waals surface area contributed by atoms with Gasteiger partial charge in [0.15, 0.2) is 0 Å². The zero-order valence-corrected chi connectivity index (χ0v) is 24.7. The molecule has 4 aromatic rings. The Hall–Kier alpha value is -4.01. The molecule has 2 aliphatic heterocycles. The van der Waals surface area contributed by atoms with Gasteiger partial charge in [-0.3, -0.25) is 9.59 Å². The van der Waals surface area contributed by atoms with Crippen LogP contribution in [0.15, 0.2) is 72.9 Å². The lowest BCUT2D eigenvalue weighted by atomic mass is 9.93. The van der Waals surface area contributed by atoms with Crippen molar-refractivity contribution in [3.8, 4) is 11.1 Å². The van der Waals surface area contributed by atoms with Crippen LogP contribution in [0.1, 0.15) is 46.4 Å². The van der Waals surface area contributed by atoms with E-state index in [1.165, 1.54) is 6.07 Å². The fourth-order valence-corrected chi connectivity index (χ4v) is 6.43. The van der Waals surface area contributed by atoms with Crippen molar-refractivity contribution >= 4 is 17.3 Å². The quantitative estimate of drug-likeness (QED) is 0.307. The van der Waals surface area contributed by atoms with E-state index in [4.69, 9.17) is 4.74 Å². The molecule has 2 aliphatic rings. The van der Waals surface area contributed by atoms with Crippen LogP contribution >= 0.6 is 0 Å². The highest BCUT2D eigenvalue weighted by Gasteiger charge is 2.31. The van der Waals surface area contributed by atoms with Gasteiger partial charge in [0.1, 0.15) is 11.5 Å². The topological polar surface area (TPSA) is 75.1 Å². The Labute approximate surface area is 252 Å². The maximum Gasteiger partial charge on any atom is 0.271 e. The number of benzene rings is 2. The van der Waals surface area contributed by atoms with Crippen molar-refractivity contribution < 1.29 is 18.7 Å². The minimum atomic E-state index is -0.254. The second-order valence-electron chi connectivity index (χ2n) is 11.7. The van der Waals surface area contributed by atoms with Gasteiger partial charge in [-0.05, 0) is 66.1 Å². The highest BCUT2D eigenvalue weighted by atomic mass is 19.1. The molecule has 0 radical (unpaired) electrons. The van der Waals surface area contributed by atoms with Crippen LogP contribution in [0, 0.1) is 18.7 Å². The lowest BCUT2D eigenvalue weighted by Gasteiger charge is -2.34. The Balaban J connectivity index is 1.30. The number of carbonyl (C=O) groups excluding carboxylic acids is 2. The molecular weight excluding hydrogens is 543 g/mol. The Morgan fingerprint density at radius 2 is 1.81 bits per heavy atom. The number of hydrogen-bond donors (Lipinski definition) is 2. The molecule has 43 heavy (non-hydrogen) atoms. The van der Waals surface area contributed by atoms with Crippen molar-refractivity contribution in [2.24, 2.45) is 5.92 Å². The summed E-state index contributed by atoms with van der Waals surface area (Å²) in [5.41, 5.74) is 5.81. The zero-order chi connectivity index (χ0) is 29.8. The second-order valence-corrected chi connectivity index (χ2v) is 11.7. The van der Waals surface area contributed by atoms with Crippen LogP contribution in [0.5, 0.6) is 0 Å². The highest BCUT2D eigenvalue weighted by Crippen LogP contribution is 2.36. The number of aromatic nitrogens is 1. The molecule has 224 valence electrons. The van der Waals surface area contributed by atoms with E-state index in [-0.39, 0.29) is 23.7 Å². The first kappa shape index (κ1) is 29.1. The summed E-state index contributed by atoms with van der Waals surface area (Å²) < 4.78 is 22.0. The van der Waals surface area contributed by atoms with E-state index < -0.39 is 0 Å². The van der Waals surface area contributed by atoms with E-state index in [9.17, 15) is 14.0 Å². The average molecular weight is 583 g/mol. The van der Waals surface area contributed by atoms with E-state index in [1.54, 1.807) is 13.0 Å². The second kappa shape index (κ2) is 13.1. The van der Waals surface area contributed by atoms with E-state index in [0.717, 1.165) is 53.8 Å². The van der Waals surface area contributed by atoms with Crippen molar-refractivity contribution in [2.75, 3.05) is 39.4 Å². The molecule has 2 N–H and O–H groups in total. The monoisotopic (exact) mass is 582 g/mol. The molecule has 8 heteroatoms. The molecule has 1 unspecified atom stereocenters. The van der Waals surface area contributed by atoms with Gasteiger partial charge in [-0.2, -0.15) is 0 Å². The van der Waals surface area contributed by atoms with Crippen LogP contribution in [-0.4, -0.2) is 66.5 Å². The summed E-state index contributed by atoms with van der Waals surface area (Å²) >= 11 is 0. The van der Waals surface area contributed by atoms with Crippen LogP contribution in [-0.2, 0) is 16.0 Å². The van der Waals surface area contributed by atoms with Crippen LogP contribution in [0.2, 0.25) is 0 Å². The van der Waals surface area contributed by atoms with Gasteiger partial charge in [0, 0.05) is 70.0 Å². The van der Waals surface area contributed by atoms with Crippen molar-refractivity contribution in [1.29, 1.82) is 0 Å². The molecular formula is C35H39FN4O3. The van der Waals surface area contributed by atoms with Crippen molar-refractivity contribution in [2.45, 2.75) is 38.6 Å². The largest absolute Gasteiger partial charge is 0.381 e. The van der Waals surface area contributed by atoms with Crippen LogP contribution < -0.4 is 10.6 Å². The molecule has 6 rings (SSSR count). The summed E-state index contributed by atoms with van der Waals surface area (Å²) in [6.07, 6.45) is 4.60. The van der Waals surface area contributed by atoms with Crippen molar-refractivity contribution in [3.05, 3.63) is 101 Å². The first-order valence-corrected chi connectivity index (χ1v) is 15.3. The number of hydrogen-bond acceptors (Lipinski definition) is 4. The predicted octanol–water partition coefficient (Wildman–Crippen LogP) is 4.99. The third-order valence-electron chi connectivity index (χ3n) is 8.86. The minimum Gasteiger partial charge on any atom is -0.381 e. The molecule has 2 fully saturated rings. The summed E-state index contributed by atoms with van der Waals surface area (Å²) in [5.74, 6) is 0.119. The van der Waals surface area contributed by atoms with Crippen molar-refractivity contribution in [1.82, 2.24) is 19.9 Å². The molecule has 0 aliphatic carbocycles. The molecule has 2 saturated heterocycles. The first-order valence-electron chi connectivity index (χ1n) is 15.3. The van der Waals surface area contributed by atoms with Gasteiger partial charge in [-0.25, -0.2) is 4.39 Å². The maximum absolute atomic E-state index is 14.6. The van der Waals surface area contributed by atoms with Crippen molar-refractivity contribution in [3.63, 3.8) is 0 Å². The Morgan fingerprint density at radius 3 is 2.63 bits per heavy atom. The molecule has 0 saturated carbocycles. The number of fused-ring (bicyclic) bond motifs is 1. The number of rotatable bonds is 8. The summed E-state index contributed by atoms with van der Waals surface area (Å²) in [5, 5.41) is 6.53. The van der Waals surface area contributed by atoms with Gasteiger partial charge < -0.3 is 24.7 Å². The highest BCUT2D eigenvalue weighted by molar-refractivity contribution is 6.01. The van der Waals surface area contributed by atoms with Crippen LogP contribution in [0.3, 0.4) is 0 Å². The lowest BCUT2D eigenvalue weighted by molar-refractivity contribution is -0.122. The standard InChI is InChI=1S/C35H39FN4O3/c1-24-27(10-7-11-30(24)36)20-29-33(26-8-3-2-4-9-26)31-12-5-6-16-40(31)34(29)35(42)39-17-15-37-28(23-39)21-32(41)38-22-25-13-18-43-19-14-25/h2-12,16,25,28,37H,13-15,17-23H2,1H3,(H,38,41). The smallest absolute Gasteiger partial charge is 0.271 e. The summed E-state index contributed by atoms with van der Waals surface area (Å²) in [4.78, 5) is 29.2. The summed E-state index contributed by atoms with van der Waals surface area (Å²) in [6, 6.07) is 21.0. The fraction of sp³-hybridized carbons (Fsp3) is 0.371. The molecule has 2 aromatic heterocycles. The third-order valence-corrected chi connectivity index (χ3v) is 8.86. The number of halogens is 1. The number of nitrogens with one attached hydrogen (secondary N) is 2. The fourth-order valence-electron chi connectivity index (χ4n) is 6.43. The van der Waals surface area contributed by atoms with Gasteiger partial charge >= 0.3 is 0 Å². The number of ether oxygens (including phenoxy) is 1. The number of piperazine rings is 1. The lowest BCUT2D eigenvalue weighted by Crippen LogP contribution is -2.54. The van der Waals surface area contributed by atoms with Gasteiger partial charge in [-0.1, -0.05) is 48.5 Å². The van der Waals surface area contributed by atoms with E-state index >= 15 is 0 Å². The first-order chi connectivity index (χ1) is 21.0. The minimum absolute atomic E-state index is 0.0000547. The molecule has 4 heterocycles. The number of carbonyl (C=O) groups is 2. The summed E-state index contributed by atoms with van der Waals surface area (Å²) in [7, 11) is 0. The maximum atomic E-state index is 14.6. The Morgan fingerprint density at radius 1 is 1.02 bits per heavy atom. The van der Waals surface area contributed by atoms with Crippen LogP contribution in [0.4, 0.5) is 4.39 Å². The SMILES string of the molecule is Cc1c(F)cccc1Cc1c(-c2ccccc2)c2ccccn2c1C(=O)N1CCNC(CC(=O)NCC2CCOCC2)C1. The summed E-state index contributed by atoms with van der Waals surface area (Å²) in [6.45, 7) is 5.54. The molecule has 1 atom stereocenters. The molecule has 7 nitrogen and oxygen atoms in total. The number of amides is 2.